The summed E-state index contributed by atoms with van der Waals surface area (Å²) < 4.78 is 0. The summed E-state index contributed by atoms with van der Waals surface area (Å²) in [7, 11) is 0. The number of nitrogens with zero attached hydrogens (tertiary/aromatic N) is 3. The molecule has 3 aromatic carbocycles. The molecule has 4 rings (SSSR count). The second kappa shape index (κ2) is 15.2. The molecule has 0 radical (unpaired) electrons. The Kier molecular flexibility index (Phi) is 11.2. The number of amides is 1. The molecule has 218 valence electrons. The molecule has 10 heteroatoms. The van der Waals surface area contributed by atoms with Crippen LogP contribution in [-0.2, 0) is 11.3 Å². The average molecular weight is 607 g/mol. The summed E-state index contributed by atoms with van der Waals surface area (Å²) in [5.74, 6) is -0.307. The van der Waals surface area contributed by atoms with Gasteiger partial charge in [-0.3, -0.25) is 9.59 Å². The lowest BCUT2D eigenvalue weighted by Crippen LogP contribution is -2.36. The lowest BCUT2D eigenvalue weighted by molar-refractivity contribution is -0.136. The van der Waals surface area contributed by atoms with Crippen LogP contribution in [0.1, 0.15) is 65.9 Å². The van der Waals surface area contributed by atoms with Crippen LogP contribution in [0.25, 0.3) is 0 Å². The Balaban J connectivity index is 1.62. The number of carboxylic acids is 1. The first-order chi connectivity index (χ1) is 20.3. The molecule has 1 aliphatic carbocycles. The van der Waals surface area contributed by atoms with E-state index in [4.69, 9.17) is 28.3 Å². The van der Waals surface area contributed by atoms with Crippen LogP contribution in [0, 0.1) is 11.3 Å². The van der Waals surface area contributed by atoms with Crippen molar-refractivity contribution in [1.82, 2.24) is 5.32 Å². The predicted octanol–water partition coefficient (Wildman–Crippen LogP) is 7.24. The van der Waals surface area contributed by atoms with Gasteiger partial charge in [-0.25, -0.2) is 4.99 Å². The first-order valence-electron chi connectivity index (χ1n) is 13.9. The molecule has 3 aromatic rings. The maximum atomic E-state index is 12.4. The summed E-state index contributed by atoms with van der Waals surface area (Å²) in [5, 5.41) is 25.0. The molecule has 8 nitrogen and oxygen atoms in total. The zero-order valence-electron chi connectivity index (χ0n) is 23.2. The number of aliphatic imine (C=N–C) groups is 1. The fraction of sp³-hybridized carbons (Fsp3) is 0.312. The number of guanidine groups is 1. The van der Waals surface area contributed by atoms with Crippen molar-refractivity contribution in [1.29, 1.82) is 5.26 Å². The summed E-state index contributed by atoms with van der Waals surface area (Å²) >= 11 is 12.5. The quantitative estimate of drug-likeness (QED) is 0.127. The Labute approximate surface area is 256 Å². The molecule has 1 saturated carbocycles. The maximum Gasteiger partial charge on any atom is 0.305 e. The number of nitrogens with one attached hydrogen (secondary N) is 2. The molecular formula is C32H33Cl2N5O3. The number of carbonyl (C=O) groups excluding carboxylic acids is 1. The van der Waals surface area contributed by atoms with Crippen LogP contribution in [0.5, 0.6) is 0 Å². The number of aliphatic carboxylic acids is 1. The van der Waals surface area contributed by atoms with Crippen LogP contribution in [0.2, 0.25) is 10.0 Å². The fourth-order valence-corrected chi connectivity index (χ4v) is 5.56. The van der Waals surface area contributed by atoms with Crippen LogP contribution >= 0.6 is 23.2 Å². The zero-order valence-corrected chi connectivity index (χ0v) is 24.7. The van der Waals surface area contributed by atoms with Gasteiger partial charge in [0, 0.05) is 33.5 Å². The highest BCUT2D eigenvalue weighted by atomic mass is 35.5. The van der Waals surface area contributed by atoms with Gasteiger partial charge in [-0.15, -0.1) is 0 Å². The molecule has 0 bridgehead atoms. The van der Waals surface area contributed by atoms with Crippen molar-refractivity contribution in [2.24, 2.45) is 4.99 Å². The second-order valence-electron chi connectivity index (χ2n) is 10.2. The summed E-state index contributed by atoms with van der Waals surface area (Å²) in [6.45, 7) is 0.371. The van der Waals surface area contributed by atoms with Crippen LogP contribution in [0.3, 0.4) is 0 Å². The summed E-state index contributed by atoms with van der Waals surface area (Å²) in [4.78, 5) is 29.7. The van der Waals surface area contributed by atoms with Crippen molar-refractivity contribution in [3.8, 4) is 6.07 Å². The van der Waals surface area contributed by atoms with Gasteiger partial charge in [0.15, 0.2) is 0 Å². The van der Waals surface area contributed by atoms with Crippen LogP contribution < -0.4 is 15.5 Å². The highest BCUT2D eigenvalue weighted by Gasteiger charge is 2.19. The molecular weight excluding hydrogens is 573 g/mol. The summed E-state index contributed by atoms with van der Waals surface area (Å²) in [6.07, 6.45) is 6.06. The Morgan fingerprint density at radius 3 is 2.26 bits per heavy atom. The Morgan fingerprint density at radius 2 is 1.64 bits per heavy atom. The third-order valence-corrected chi connectivity index (χ3v) is 7.57. The highest BCUT2D eigenvalue weighted by Crippen LogP contribution is 2.34. The predicted molar refractivity (Wildman–Crippen MR) is 167 cm³/mol. The molecule has 0 aliphatic heterocycles. The molecule has 42 heavy (non-hydrogen) atoms. The van der Waals surface area contributed by atoms with E-state index in [0.29, 0.717) is 39.7 Å². The van der Waals surface area contributed by atoms with Crippen molar-refractivity contribution in [2.75, 3.05) is 23.3 Å². The van der Waals surface area contributed by atoms with Gasteiger partial charge in [0.05, 0.1) is 19.0 Å². The number of halogens is 2. The van der Waals surface area contributed by atoms with E-state index in [0.717, 1.165) is 11.3 Å². The highest BCUT2D eigenvalue weighted by molar-refractivity contribution is 6.35. The smallest absolute Gasteiger partial charge is 0.305 e. The lowest BCUT2D eigenvalue weighted by atomic mass is 9.84. The van der Waals surface area contributed by atoms with Crippen molar-refractivity contribution in [3.63, 3.8) is 0 Å². The minimum absolute atomic E-state index is 0.0540. The number of hydrogen-bond acceptors (Lipinski definition) is 4. The maximum absolute atomic E-state index is 12.4. The number of benzene rings is 3. The van der Waals surface area contributed by atoms with E-state index in [9.17, 15) is 14.9 Å². The Bertz CT molecular complexity index is 1430. The number of carbonyl (C=O) groups is 2. The first-order valence-corrected chi connectivity index (χ1v) is 14.7. The number of carboxylic acid groups (broad SMARTS) is 1. The molecule has 1 amide bonds. The normalized spacial score (nSPS) is 13.7. The van der Waals surface area contributed by atoms with Crippen LogP contribution in [0.4, 0.5) is 11.4 Å². The van der Waals surface area contributed by atoms with E-state index < -0.39 is 5.97 Å². The molecule has 0 spiro atoms. The third kappa shape index (κ3) is 8.97. The Morgan fingerprint density at radius 1 is 0.976 bits per heavy atom. The molecule has 0 saturated heterocycles. The minimum atomic E-state index is -0.972. The molecule has 3 N–H and O–H groups in total. The molecule has 0 heterocycles. The molecule has 1 fully saturated rings. The first kappa shape index (κ1) is 30.9. The van der Waals surface area contributed by atoms with Gasteiger partial charge in [0.1, 0.15) is 6.54 Å². The van der Waals surface area contributed by atoms with Gasteiger partial charge in [-0.2, -0.15) is 5.26 Å². The second-order valence-corrected chi connectivity index (χ2v) is 11.1. The Hall–Kier alpha value is -4.06. The lowest BCUT2D eigenvalue weighted by Gasteiger charge is -2.28. The summed E-state index contributed by atoms with van der Waals surface area (Å²) in [6, 6.07) is 22.8. The topological polar surface area (TPSA) is 118 Å². The molecule has 0 unspecified atom stereocenters. The van der Waals surface area contributed by atoms with Crippen molar-refractivity contribution >= 4 is 52.4 Å². The van der Waals surface area contributed by atoms with E-state index in [1.54, 1.807) is 30.3 Å². The van der Waals surface area contributed by atoms with Crippen molar-refractivity contribution in [3.05, 3.63) is 93.5 Å². The number of anilines is 2. The van der Waals surface area contributed by atoms with Gasteiger partial charge in [0.2, 0.25) is 5.96 Å². The van der Waals surface area contributed by atoms with Crippen LogP contribution in [-0.4, -0.2) is 36.0 Å². The van der Waals surface area contributed by atoms with Gasteiger partial charge in [-0.1, -0.05) is 66.7 Å². The van der Waals surface area contributed by atoms with Crippen molar-refractivity contribution < 1.29 is 14.7 Å². The summed E-state index contributed by atoms with van der Waals surface area (Å²) in [5.41, 5.74) is 4.15. The third-order valence-electron chi connectivity index (χ3n) is 7.14. The largest absolute Gasteiger partial charge is 0.481 e. The molecule has 1 aliphatic rings. The van der Waals surface area contributed by atoms with E-state index >= 15 is 0 Å². The van der Waals surface area contributed by atoms with Gasteiger partial charge in [0.25, 0.3) is 5.91 Å². The van der Waals surface area contributed by atoms with Gasteiger partial charge < -0.3 is 20.6 Å². The van der Waals surface area contributed by atoms with E-state index in [1.165, 1.54) is 37.7 Å². The van der Waals surface area contributed by atoms with Crippen molar-refractivity contribution in [2.45, 2.75) is 51.0 Å². The van der Waals surface area contributed by atoms with Gasteiger partial charge >= 0.3 is 5.97 Å². The molecule has 0 atom stereocenters. The average Bonchev–Trinajstić information content (AvgIpc) is 2.98. The fourth-order valence-electron chi connectivity index (χ4n) is 5.04. The monoisotopic (exact) mass is 605 g/mol. The van der Waals surface area contributed by atoms with E-state index in [-0.39, 0.29) is 25.4 Å². The SMILES string of the molecule is N#CCN=C(Nc1cc(Cl)cc(Cl)c1)N(Cc1ccc(C(=O)NCCC(=O)O)cc1)c1ccc(C2CCCCC2)cc1. The standard InChI is InChI=1S/C32H33Cl2N5O3/c33-26-18-27(34)20-28(19-26)38-32(37-17-15-35)39(29-12-10-24(11-13-29)23-4-2-1-3-5-23)21-22-6-8-25(9-7-22)31(42)36-16-14-30(40)41/h6-13,18-20,23H,1-5,14,16-17,21H2,(H,36,42)(H,37,38)(H,40,41). The minimum Gasteiger partial charge on any atom is -0.481 e. The number of hydrogen-bond donors (Lipinski definition) is 3. The zero-order chi connectivity index (χ0) is 29.9. The number of nitriles is 1. The van der Waals surface area contributed by atoms with Crippen LogP contribution in [0.15, 0.2) is 71.7 Å². The molecule has 0 aromatic heterocycles. The number of rotatable bonds is 10. The van der Waals surface area contributed by atoms with E-state index in [2.05, 4.69) is 46.0 Å². The van der Waals surface area contributed by atoms with E-state index in [1.807, 2.05) is 17.0 Å². The van der Waals surface area contributed by atoms with Gasteiger partial charge in [-0.05, 0) is 72.4 Å².